The van der Waals surface area contributed by atoms with Crippen molar-refractivity contribution in [1.29, 1.82) is 0 Å². The maximum absolute atomic E-state index is 13.7. The third kappa shape index (κ3) is 4.09. The van der Waals surface area contributed by atoms with Crippen LogP contribution in [-0.2, 0) is 11.4 Å². The number of nitrogens with one attached hydrogen (secondary N) is 2. The fraction of sp³-hybridized carbons (Fsp3) is 0.381. The van der Waals surface area contributed by atoms with Gasteiger partial charge in [-0.2, -0.15) is 0 Å². The monoisotopic (exact) mass is 390 g/mol. The van der Waals surface area contributed by atoms with E-state index in [-0.39, 0.29) is 36.8 Å². The second kappa shape index (κ2) is 8.28. The van der Waals surface area contributed by atoms with Crippen LogP contribution in [0, 0.1) is 5.82 Å². The molecule has 2 aliphatic heterocycles. The predicted molar refractivity (Wildman–Crippen MR) is 105 cm³/mol. The molecule has 2 saturated heterocycles. The predicted octanol–water partition coefficient (Wildman–Crippen LogP) is 3.90. The first kappa shape index (κ1) is 19.6. The number of carbonyl (C=O) groups is 1. The summed E-state index contributed by atoms with van der Waals surface area (Å²) >= 11 is 0. The third-order valence-electron chi connectivity index (χ3n) is 5.45. The summed E-state index contributed by atoms with van der Waals surface area (Å²) in [7, 11) is 0. The number of ether oxygens (including phenoxy) is 1. The minimum Gasteiger partial charge on any atom is -0.489 e. The number of amides is 1. The van der Waals surface area contributed by atoms with E-state index in [2.05, 4.69) is 10.6 Å². The highest BCUT2D eigenvalue weighted by Crippen LogP contribution is 2.35. The summed E-state index contributed by atoms with van der Waals surface area (Å²) in [4.78, 5) is 12.2. The number of benzene rings is 2. The molecule has 2 aliphatic rings. The minimum absolute atomic E-state index is 0. The summed E-state index contributed by atoms with van der Waals surface area (Å²) in [6, 6.07) is 14.7. The van der Waals surface area contributed by atoms with Crippen molar-refractivity contribution in [2.75, 3.05) is 6.54 Å². The summed E-state index contributed by atoms with van der Waals surface area (Å²) in [5.74, 6) is 0.587. The zero-order chi connectivity index (χ0) is 18.0. The Balaban J connectivity index is 0.00000210. The SMILES string of the molecule is Cl.O=C1NCCC12CCCC(c1ccc(OCc3ccccc3F)cc1)N2. The first-order chi connectivity index (χ1) is 12.7. The Morgan fingerprint density at radius 1 is 1.11 bits per heavy atom. The Bertz CT molecular complexity index is 799. The van der Waals surface area contributed by atoms with Gasteiger partial charge >= 0.3 is 0 Å². The van der Waals surface area contributed by atoms with Gasteiger partial charge in [0, 0.05) is 18.2 Å². The first-order valence-electron chi connectivity index (χ1n) is 9.18. The van der Waals surface area contributed by atoms with E-state index in [1.165, 1.54) is 6.07 Å². The molecule has 2 unspecified atom stereocenters. The van der Waals surface area contributed by atoms with Crippen molar-refractivity contribution in [3.8, 4) is 5.75 Å². The quantitative estimate of drug-likeness (QED) is 0.832. The van der Waals surface area contributed by atoms with E-state index in [1.807, 2.05) is 24.3 Å². The van der Waals surface area contributed by atoms with Crippen LogP contribution in [0.5, 0.6) is 5.75 Å². The van der Waals surface area contributed by atoms with Crippen LogP contribution in [0.25, 0.3) is 0 Å². The fourth-order valence-corrected chi connectivity index (χ4v) is 3.96. The van der Waals surface area contributed by atoms with Crippen molar-refractivity contribution in [2.45, 2.75) is 43.9 Å². The molecule has 4 rings (SSSR count). The summed E-state index contributed by atoms with van der Waals surface area (Å²) in [5, 5.41) is 6.52. The van der Waals surface area contributed by atoms with Gasteiger partial charge < -0.3 is 10.1 Å². The average Bonchev–Trinajstić information content (AvgIpc) is 3.01. The molecule has 6 heteroatoms. The lowest BCUT2D eigenvalue weighted by atomic mass is 9.82. The topological polar surface area (TPSA) is 50.4 Å². The molecule has 1 amide bonds. The molecule has 2 fully saturated rings. The molecule has 0 bridgehead atoms. The Hall–Kier alpha value is -2.11. The van der Waals surface area contributed by atoms with Crippen LogP contribution in [-0.4, -0.2) is 18.0 Å². The van der Waals surface area contributed by atoms with Crippen LogP contribution < -0.4 is 15.4 Å². The van der Waals surface area contributed by atoms with Crippen LogP contribution in [0.3, 0.4) is 0 Å². The molecule has 4 nitrogen and oxygen atoms in total. The zero-order valence-electron chi connectivity index (χ0n) is 15.0. The standard InChI is InChI=1S/C21H23FN2O2.ClH/c22-18-5-2-1-4-16(18)14-26-17-9-7-15(8-10-17)19-6-3-11-21(24-19)12-13-23-20(21)25;/h1-2,4-5,7-10,19,24H,3,6,11-14H2,(H,23,25);1H. The van der Waals surface area contributed by atoms with Crippen molar-refractivity contribution in [3.05, 3.63) is 65.5 Å². The molecular weight excluding hydrogens is 367 g/mol. The van der Waals surface area contributed by atoms with Crippen LogP contribution in [0.4, 0.5) is 4.39 Å². The molecule has 0 saturated carbocycles. The normalized spacial score (nSPS) is 24.3. The summed E-state index contributed by atoms with van der Waals surface area (Å²) in [5.41, 5.74) is 1.30. The van der Waals surface area contributed by atoms with Crippen LogP contribution in [0.15, 0.2) is 48.5 Å². The second-order valence-electron chi connectivity index (χ2n) is 7.13. The lowest BCUT2D eigenvalue weighted by Gasteiger charge is -2.37. The van der Waals surface area contributed by atoms with Gasteiger partial charge in [0.15, 0.2) is 0 Å². The van der Waals surface area contributed by atoms with E-state index in [9.17, 15) is 9.18 Å². The second-order valence-corrected chi connectivity index (χ2v) is 7.13. The van der Waals surface area contributed by atoms with Crippen molar-refractivity contribution in [1.82, 2.24) is 10.6 Å². The Morgan fingerprint density at radius 2 is 1.89 bits per heavy atom. The molecule has 2 heterocycles. The molecule has 0 aromatic heterocycles. The smallest absolute Gasteiger partial charge is 0.240 e. The van der Waals surface area contributed by atoms with Crippen molar-refractivity contribution in [3.63, 3.8) is 0 Å². The molecule has 2 N–H and O–H groups in total. The van der Waals surface area contributed by atoms with Gasteiger partial charge in [-0.1, -0.05) is 30.3 Å². The highest BCUT2D eigenvalue weighted by molar-refractivity contribution is 5.88. The van der Waals surface area contributed by atoms with Gasteiger partial charge in [-0.05, 0) is 49.4 Å². The average molecular weight is 391 g/mol. The van der Waals surface area contributed by atoms with Crippen molar-refractivity contribution >= 4 is 18.3 Å². The Labute approximate surface area is 164 Å². The number of hydrogen-bond donors (Lipinski definition) is 2. The third-order valence-corrected chi connectivity index (χ3v) is 5.45. The van der Waals surface area contributed by atoms with E-state index in [1.54, 1.807) is 18.2 Å². The molecule has 2 aromatic carbocycles. The summed E-state index contributed by atoms with van der Waals surface area (Å²) in [6.45, 7) is 0.957. The van der Waals surface area contributed by atoms with Gasteiger partial charge in [-0.25, -0.2) is 4.39 Å². The molecule has 2 aromatic rings. The van der Waals surface area contributed by atoms with Gasteiger partial charge in [0.2, 0.25) is 5.91 Å². The van der Waals surface area contributed by atoms with E-state index in [0.29, 0.717) is 11.3 Å². The first-order valence-corrected chi connectivity index (χ1v) is 9.18. The lowest BCUT2D eigenvalue weighted by Crippen LogP contribution is -2.54. The molecule has 2 atom stereocenters. The Kier molecular flexibility index (Phi) is 6.02. The van der Waals surface area contributed by atoms with Crippen molar-refractivity contribution in [2.24, 2.45) is 0 Å². The summed E-state index contributed by atoms with van der Waals surface area (Å²) < 4.78 is 19.4. The maximum atomic E-state index is 13.7. The van der Waals surface area contributed by atoms with Crippen molar-refractivity contribution < 1.29 is 13.9 Å². The van der Waals surface area contributed by atoms with Gasteiger partial charge in [-0.3, -0.25) is 10.1 Å². The number of halogens is 2. The van der Waals surface area contributed by atoms with Crippen LogP contribution in [0.1, 0.15) is 42.9 Å². The molecule has 0 aliphatic carbocycles. The minimum atomic E-state index is -0.400. The fourth-order valence-electron chi connectivity index (χ4n) is 3.96. The van der Waals surface area contributed by atoms with Gasteiger partial charge in [0.1, 0.15) is 18.2 Å². The number of hydrogen-bond acceptors (Lipinski definition) is 3. The van der Waals surface area contributed by atoms with Crippen LogP contribution in [0.2, 0.25) is 0 Å². The molecular formula is C21H24ClFN2O2. The molecule has 27 heavy (non-hydrogen) atoms. The number of carbonyl (C=O) groups excluding carboxylic acids is 1. The van der Waals surface area contributed by atoms with Gasteiger partial charge in [-0.15, -0.1) is 12.4 Å². The van der Waals surface area contributed by atoms with E-state index in [4.69, 9.17) is 4.74 Å². The number of rotatable bonds is 4. The summed E-state index contributed by atoms with van der Waals surface area (Å²) in [6.07, 6.45) is 3.81. The van der Waals surface area contributed by atoms with E-state index >= 15 is 0 Å². The zero-order valence-corrected chi connectivity index (χ0v) is 15.9. The molecule has 1 spiro atoms. The number of piperidine rings is 1. The lowest BCUT2D eigenvalue weighted by molar-refractivity contribution is -0.126. The maximum Gasteiger partial charge on any atom is 0.240 e. The van der Waals surface area contributed by atoms with E-state index < -0.39 is 5.54 Å². The van der Waals surface area contributed by atoms with Crippen LogP contribution >= 0.6 is 12.4 Å². The Morgan fingerprint density at radius 3 is 2.59 bits per heavy atom. The van der Waals surface area contributed by atoms with Gasteiger partial charge in [0.25, 0.3) is 0 Å². The largest absolute Gasteiger partial charge is 0.489 e. The van der Waals surface area contributed by atoms with Gasteiger partial charge in [0.05, 0.1) is 5.54 Å². The van der Waals surface area contributed by atoms with E-state index in [0.717, 1.165) is 37.8 Å². The molecule has 144 valence electrons. The highest BCUT2D eigenvalue weighted by Gasteiger charge is 2.45. The molecule has 0 radical (unpaired) electrons. The highest BCUT2D eigenvalue weighted by atomic mass is 35.5.